The van der Waals surface area contributed by atoms with Gasteiger partial charge in [0.1, 0.15) is 0 Å². The van der Waals surface area contributed by atoms with E-state index in [1.54, 1.807) is 0 Å². The zero-order chi connectivity index (χ0) is 9.14. The van der Waals surface area contributed by atoms with Gasteiger partial charge in [-0.2, -0.15) is 0 Å². The van der Waals surface area contributed by atoms with Gasteiger partial charge in [0.05, 0.1) is 13.7 Å². The zero-order valence-electron chi connectivity index (χ0n) is 8.04. The first-order chi connectivity index (χ1) is 5.65. The number of hydrogen-bond acceptors (Lipinski definition) is 3. The van der Waals surface area contributed by atoms with Gasteiger partial charge in [0.15, 0.2) is 0 Å². The van der Waals surface area contributed by atoms with Crippen molar-refractivity contribution in [2.75, 3.05) is 20.2 Å². The van der Waals surface area contributed by atoms with Gasteiger partial charge in [0.25, 0.3) is 0 Å². The summed E-state index contributed by atoms with van der Waals surface area (Å²) in [5.41, 5.74) is 0. The molecule has 1 heterocycles. The van der Waals surface area contributed by atoms with E-state index in [1.165, 1.54) is 13.5 Å². The van der Waals surface area contributed by atoms with Crippen molar-refractivity contribution in [3.05, 3.63) is 0 Å². The third-order valence-corrected chi connectivity index (χ3v) is 2.83. The van der Waals surface area contributed by atoms with E-state index in [9.17, 15) is 4.79 Å². The molecule has 0 saturated carbocycles. The van der Waals surface area contributed by atoms with Crippen LogP contribution in [0.3, 0.4) is 0 Å². The Morgan fingerprint density at radius 1 is 1.58 bits per heavy atom. The molecule has 0 aliphatic carbocycles. The highest BCUT2D eigenvalue weighted by atomic mass is 16.5. The Bertz CT molecular complexity index is 170. The maximum absolute atomic E-state index is 11.0. The number of carbonyl (C=O) groups excluding carboxylic acids is 1. The molecule has 1 saturated heterocycles. The molecule has 0 aromatic rings. The van der Waals surface area contributed by atoms with Gasteiger partial charge in [-0.3, -0.25) is 9.69 Å². The number of likely N-dealkylation sites (tertiary alicyclic amines) is 1. The Labute approximate surface area is 73.7 Å². The summed E-state index contributed by atoms with van der Waals surface area (Å²) in [5.74, 6) is 0.575. The first kappa shape index (κ1) is 9.52. The molecule has 3 heteroatoms. The normalized spacial score (nSPS) is 30.6. The molecule has 12 heavy (non-hydrogen) atoms. The van der Waals surface area contributed by atoms with Crippen molar-refractivity contribution in [1.82, 2.24) is 4.90 Å². The van der Waals surface area contributed by atoms with Gasteiger partial charge in [-0.1, -0.05) is 6.92 Å². The highest BCUT2D eigenvalue weighted by molar-refractivity contribution is 5.71. The molecule has 3 nitrogen and oxygen atoms in total. The third kappa shape index (κ3) is 1.97. The number of hydrogen-bond donors (Lipinski definition) is 0. The van der Waals surface area contributed by atoms with Crippen molar-refractivity contribution in [2.45, 2.75) is 26.3 Å². The second-order valence-corrected chi connectivity index (χ2v) is 3.55. The highest BCUT2D eigenvalue weighted by Crippen LogP contribution is 2.22. The van der Waals surface area contributed by atoms with Gasteiger partial charge < -0.3 is 4.74 Å². The van der Waals surface area contributed by atoms with Gasteiger partial charge in [-0.05, 0) is 25.8 Å². The Morgan fingerprint density at radius 2 is 2.25 bits per heavy atom. The van der Waals surface area contributed by atoms with Gasteiger partial charge in [0.2, 0.25) is 0 Å². The van der Waals surface area contributed by atoms with E-state index in [4.69, 9.17) is 0 Å². The summed E-state index contributed by atoms with van der Waals surface area (Å²) in [4.78, 5) is 13.1. The molecule has 1 fully saturated rings. The van der Waals surface area contributed by atoms with Crippen LogP contribution in [0.25, 0.3) is 0 Å². The van der Waals surface area contributed by atoms with Crippen LogP contribution in [0.1, 0.15) is 20.3 Å². The minimum absolute atomic E-state index is 0.129. The molecule has 0 radical (unpaired) electrons. The minimum Gasteiger partial charge on any atom is -0.468 e. The topological polar surface area (TPSA) is 29.5 Å². The van der Waals surface area contributed by atoms with E-state index in [0.717, 1.165) is 6.54 Å². The van der Waals surface area contributed by atoms with E-state index in [0.29, 0.717) is 18.5 Å². The average Bonchev–Trinajstić information content (AvgIpc) is 2.36. The molecule has 1 aliphatic rings. The molecule has 0 amide bonds. The van der Waals surface area contributed by atoms with E-state index >= 15 is 0 Å². The lowest BCUT2D eigenvalue weighted by Gasteiger charge is -2.21. The monoisotopic (exact) mass is 171 g/mol. The van der Waals surface area contributed by atoms with Crippen molar-refractivity contribution >= 4 is 5.97 Å². The second-order valence-electron chi connectivity index (χ2n) is 3.55. The summed E-state index contributed by atoms with van der Waals surface area (Å²) >= 11 is 0. The number of esters is 1. The van der Waals surface area contributed by atoms with E-state index in [2.05, 4.69) is 23.5 Å². The lowest BCUT2D eigenvalue weighted by atomic mass is 10.1. The van der Waals surface area contributed by atoms with Gasteiger partial charge >= 0.3 is 5.97 Å². The van der Waals surface area contributed by atoms with Crippen LogP contribution < -0.4 is 0 Å². The number of rotatable bonds is 2. The number of carbonyl (C=O) groups is 1. The number of ether oxygens (including phenoxy) is 1. The molecule has 2 atom stereocenters. The second kappa shape index (κ2) is 3.90. The zero-order valence-corrected chi connectivity index (χ0v) is 8.04. The molecule has 1 rings (SSSR count). The first-order valence-electron chi connectivity index (χ1n) is 4.46. The smallest absolute Gasteiger partial charge is 0.319 e. The van der Waals surface area contributed by atoms with E-state index in [1.807, 2.05) is 0 Å². The Morgan fingerprint density at radius 3 is 2.67 bits per heavy atom. The molecule has 0 bridgehead atoms. The van der Waals surface area contributed by atoms with Crippen molar-refractivity contribution in [1.29, 1.82) is 0 Å². The third-order valence-electron chi connectivity index (χ3n) is 2.83. The largest absolute Gasteiger partial charge is 0.468 e. The first-order valence-corrected chi connectivity index (χ1v) is 4.46. The lowest BCUT2D eigenvalue weighted by molar-refractivity contribution is -0.142. The quantitative estimate of drug-likeness (QED) is 0.578. The molecule has 0 N–H and O–H groups in total. The average molecular weight is 171 g/mol. The molecular weight excluding hydrogens is 154 g/mol. The molecule has 70 valence electrons. The summed E-state index contributed by atoms with van der Waals surface area (Å²) in [6.45, 7) is 5.86. The predicted molar refractivity (Wildman–Crippen MR) is 46.8 cm³/mol. The van der Waals surface area contributed by atoms with Gasteiger partial charge in [-0.25, -0.2) is 0 Å². The Balaban J connectivity index is 2.38. The number of methoxy groups -OCH3 is 1. The summed E-state index contributed by atoms with van der Waals surface area (Å²) in [7, 11) is 1.44. The van der Waals surface area contributed by atoms with Crippen LogP contribution >= 0.6 is 0 Å². The Hall–Kier alpha value is -0.570. The van der Waals surface area contributed by atoms with Crippen LogP contribution in [0.15, 0.2) is 0 Å². The van der Waals surface area contributed by atoms with Crippen LogP contribution in [-0.4, -0.2) is 37.1 Å². The minimum atomic E-state index is -0.129. The summed E-state index contributed by atoms with van der Waals surface area (Å²) in [5, 5.41) is 0. The highest BCUT2D eigenvalue weighted by Gasteiger charge is 2.28. The van der Waals surface area contributed by atoms with Gasteiger partial charge in [0, 0.05) is 6.04 Å². The van der Waals surface area contributed by atoms with Crippen LogP contribution in [0.5, 0.6) is 0 Å². The molecule has 0 aromatic carbocycles. The van der Waals surface area contributed by atoms with Crippen LogP contribution in [-0.2, 0) is 9.53 Å². The van der Waals surface area contributed by atoms with Crippen molar-refractivity contribution in [3.8, 4) is 0 Å². The maximum Gasteiger partial charge on any atom is 0.319 e. The molecule has 0 aromatic heterocycles. The molecule has 1 aliphatic heterocycles. The van der Waals surface area contributed by atoms with Gasteiger partial charge in [-0.15, -0.1) is 0 Å². The molecule has 2 unspecified atom stereocenters. The predicted octanol–water partition coefficient (Wildman–Crippen LogP) is 0.890. The van der Waals surface area contributed by atoms with Crippen LogP contribution in [0.4, 0.5) is 0 Å². The molecular formula is C9H17NO2. The maximum atomic E-state index is 11.0. The summed E-state index contributed by atoms with van der Waals surface area (Å²) in [6, 6.07) is 0.518. The SMILES string of the molecule is COC(=O)CN1CCC(C)C1C. The van der Waals surface area contributed by atoms with Crippen molar-refractivity contribution in [3.63, 3.8) is 0 Å². The van der Waals surface area contributed by atoms with Crippen LogP contribution in [0.2, 0.25) is 0 Å². The summed E-state index contributed by atoms with van der Waals surface area (Å²) < 4.78 is 4.62. The fraction of sp³-hybridized carbons (Fsp3) is 0.889. The van der Waals surface area contributed by atoms with Crippen LogP contribution in [0, 0.1) is 5.92 Å². The fourth-order valence-corrected chi connectivity index (χ4v) is 1.63. The fourth-order valence-electron chi connectivity index (χ4n) is 1.63. The number of nitrogens with zero attached hydrogens (tertiary/aromatic N) is 1. The summed E-state index contributed by atoms with van der Waals surface area (Å²) in [6.07, 6.45) is 1.19. The van der Waals surface area contributed by atoms with Crippen molar-refractivity contribution < 1.29 is 9.53 Å². The standard InChI is InChI=1S/C9H17NO2/c1-7-4-5-10(8(7)2)6-9(11)12-3/h7-8H,4-6H2,1-3H3. The lowest BCUT2D eigenvalue weighted by Crippen LogP contribution is -2.34. The molecule has 0 spiro atoms. The van der Waals surface area contributed by atoms with E-state index in [-0.39, 0.29) is 5.97 Å². The van der Waals surface area contributed by atoms with Crippen molar-refractivity contribution in [2.24, 2.45) is 5.92 Å². The Kier molecular flexibility index (Phi) is 3.09. The van der Waals surface area contributed by atoms with E-state index < -0.39 is 0 Å².